The van der Waals surface area contributed by atoms with E-state index in [0.29, 0.717) is 29.6 Å². The predicted molar refractivity (Wildman–Crippen MR) is 93.5 cm³/mol. The minimum atomic E-state index is -0.140. The average Bonchev–Trinajstić information content (AvgIpc) is 2.45. The van der Waals surface area contributed by atoms with Crippen LogP contribution in [-0.4, -0.2) is 42.9 Å². The first-order valence-electron chi connectivity index (χ1n) is 6.67. The van der Waals surface area contributed by atoms with Crippen LogP contribution in [0.4, 0.5) is 0 Å². The molecule has 0 unspecified atom stereocenters. The average molecular weight is 378 g/mol. The smallest absolute Gasteiger partial charge is 0.251 e. The zero-order chi connectivity index (χ0) is 15.0. The van der Waals surface area contributed by atoms with Crippen molar-refractivity contribution in [1.29, 1.82) is 0 Å². The molecule has 0 bridgehead atoms. The van der Waals surface area contributed by atoms with Crippen molar-refractivity contribution in [1.82, 2.24) is 10.2 Å². The third-order valence-corrected chi connectivity index (χ3v) is 3.12. The molecule has 0 aliphatic rings. The molecule has 0 aromatic heterocycles. The summed E-state index contributed by atoms with van der Waals surface area (Å²) in [7, 11) is 0. The minimum Gasteiger partial charge on any atom is -0.370 e. The van der Waals surface area contributed by atoms with Crippen molar-refractivity contribution in [3.05, 3.63) is 34.9 Å². The number of aliphatic imine (C=N–C) groups is 1. The molecule has 0 atom stereocenters. The molecular formula is C14H22BrClN4O. The van der Waals surface area contributed by atoms with Gasteiger partial charge in [-0.05, 0) is 38.1 Å². The van der Waals surface area contributed by atoms with E-state index in [-0.39, 0.29) is 22.9 Å². The van der Waals surface area contributed by atoms with E-state index in [0.717, 1.165) is 13.1 Å². The molecule has 0 fully saturated rings. The van der Waals surface area contributed by atoms with Crippen molar-refractivity contribution < 1.29 is 4.79 Å². The number of rotatable bonds is 6. The Bertz CT molecular complexity index is 461. The van der Waals surface area contributed by atoms with E-state index in [1.54, 1.807) is 24.3 Å². The first-order valence-corrected chi connectivity index (χ1v) is 7.04. The largest absolute Gasteiger partial charge is 0.370 e. The van der Waals surface area contributed by atoms with Gasteiger partial charge in [0.1, 0.15) is 0 Å². The summed E-state index contributed by atoms with van der Waals surface area (Å²) in [6.45, 7) is 6.60. The van der Waals surface area contributed by atoms with Gasteiger partial charge in [0.2, 0.25) is 0 Å². The van der Waals surface area contributed by atoms with E-state index in [2.05, 4.69) is 10.3 Å². The number of nitrogens with zero attached hydrogens (tertiary/aromatic N) is 2. The highest BCUT2D eigenvalue weighted by molar-refractivity contribution is 8.93. The molecule has 5 nitrogen and oxygen atoms in total. The first-order chi connectivity index (χ1) is 9.58. The lowest BCUT2D eigenvalue weighted by molar-refractivity contribution is 0.0955. The highest BCUT2D eigenvalue weighted by Crippen LogP contribution is 2.09. The van der Waals surface area contributed by atoms with Crippen LogP contribution in [0.3, 0.4) is 0 Å². The molecule has 0 saturated heterocycles. The lowest BCUT2D eigenvalue weighted by atomic mass is 10.2. The van der Waals surface area contributed by atoms with Crippen molar-refractivity contribution in [2.24, 2.45) is 10.7 Å². The fourth-order valence-electron chi connectivity index (χ4n) is 1.69. The summed E-state index contributed by atoms with van der Waals surface area (Å²) < 4.78 is 0. The molecule has 118 valence electrons. The Morgan fingerprint density at radius 1 is 1.29 bits per heavy atom. The van der Waals surface area contributed by atoms with Gasteiger partial charge in [-0.3, -0.25) is 9.79 Å². The van der Waals surface area contributed by atoms with E-state index < -0.39 is 0 Å². The normalized spacial score (nSPS) is 10.7. The number of hydrogen-bond donors (Lipinski definition) is 2. The maximum Gasteiger partial charge on any atom is 0.251 e. The van der Waals surface area contributed by atoms with Crippen LogP contribution in [0.2, 0.25) is 5.02 Å². The van der Waals surface area contributed by atoms with E-state index >= 15 is 0 Å². The lowest BCUT2D eigenvalue weighted by Gasteiger charge is -2.19. The molecule has 7 heteroatoms. The fraction of sp³-hybridized carbons (Fsp3) is 0.429. The van der Waals surface area contributed by atoms with Gasteiger partial charge in [-0.25, -0.2) is 0 Å². The van der Waals surface area contributed by atoms with Gasteiger partial charge in [-0.2, -0.15) is 0 Å². The third-order valence-electron chi connectivity index (χ3n) is 2.87. The Labute approximate surface area is 141 Å². The van der Waals surface area contributed by atoms with Crippen LogP contribution in [0.5, 0.6) is 0 Å². The van der Waals surface area contributed by atoms with Gasteiger partial charge in [-0.1, -0.05) is 11.6 Å². The van der Waals surface area contributed by atoms with Crippen LogP contribution in [0.25, 0.3) is 0 Å². The number of carbonyl (C=O) groups is 1. The summed E-state index contributed by atoms with van der Waals surface area (Å²) in [5.74, 6) is 0.369. The molecule has 1 amide bonds. The Morgan fingerprint density at radius 2 is 1.86 bits per heavy atom. The summed E-state index contributed by atoms with van der Waals surface area (Å²) in [5, 5.41) is 3.39. The number of amides is 1. The van der Waals surface area contributed by atoms with Gasteiger partial charge in [-0.15, -0.1) is 17.0 Å². The molecule has 0 aliphatic heterocycles. The number of nitrogens with two attached hydrogens (primary N) is 1. The summed E-state index contributed by atoms with van der Waals surface area (Å²) in [5.41, 5.74) is 6.41. The molecule has 1 aromatic carbocycles. The van der Waals surface area contributed by atoms with Crippen LogP contribution in [0.15, 0.2) is 29.3 Å². The maximum atomic E-state index is 11.8. The standard InChI is InChI=1S/C14H21ClN4O.BrH/c1-3-19(4-2)14(16)18-10-9-17-13(20)11-5-7-12(15)8-6-11;/h5-8H,3-4,9-10H2,1-2H3,(H2,16,18)(H,17,20);1H. The van der Waals surface area contributed by atoms with E-state index in [1.165, 1.54) is 0 Å². The van der Waals surface area contributed by atoms with E-state index in [4.69, 9.17) is 17.3 Å². The number of hydrogen-bond acceptors (Lipinski definition) is 2. The van der Waals surface area contributed by atoms with Crippen LogP contribution in [0, 0.1) is 0 Å². The summed E-state index contributed by atoms with van der Waals surface area (Å²) >= 11 is 5.77. The van der Waals surface area contributed by atoms with Crippen molar-refractivity contribution in [3.63, 3.8) is 0 Å². The van der Waals surface area contributed by atoms with Crippen molar-refractivity contribution in [3.8, 4) is 0 Å². The number of guanidine groups is 1. The number of halogens is 2. The van der Waals surface area contributed by atoms with Crippen LogP contribution >= 0.6 is 28.6 Å². The summed E-state index contributed by atoms with van der Waals surface area (Å²) in [6.07, 6.45) is 0. The zero-order valence-corrected chi connectivity index (χ0v) is 14.8. The number of benzene rings is 1. The van der Waals surface area contributed by atoms with Gasteiger partial charge >= 0.3 is 0 Å². The SMILES string of the molecule is Br.CCN(CC)C(N)=NCCNC(=O)c1ccc(Cl)cc1. The van der Waals surface area contributed by atoms with Gasteiger partial charge < -0.3 is 16.0 Å². The van der Waals surface area contributed by atoms with Crippen LogP contribution in [-0.2, 0) is 0 Å². The van der Waals surface area contributed by atoms with Crippen LogP contribution < -0.4 is 11.1 Å². The number of carbonyl (C=O) groups excluding carboxylic acids is 1. The zero-order valence-electron chi connectivity index (χ0n) is 12.3. The molecule has 3 N–H and O–H groups in total. The molecule has 0 spiro atoms. The molecule has 21 heavy (non-hydrogen) atoms. The molecule has 0 saturated carbocycles. The van der Waals surface area contributed by atoms with E-state index in [1.807, 2.05) is 18.7 Å². The monoisotopic (exact) mass is 376 g/mol. The van der Waals surface area contributed by atoms with E-state index in [9.17, 15) is 4.79 Å². The molecule has 1 rings (SSSR count). The summed E-state index contributed by atoms with van der Waals surface area (Å²) in [6, 6.07) is 6.75. The van der Waals surface area contributed by atoms with Crippen molar-refractivity contribution >= 4 is 40.4 Å². The Morgan fingerprint density at radius 3 is 2.38 bits per heavy atom. The Balaban J connectivity index is 0.00000400. The Hall–Kier alpha value is -1.27. The van der Waals surface area contributed by atoms with Gasteiger partial charge in [0, 0.05) is 30.2 Å². The minimum absolute atomic E-state index is 0. The topological polar surface area (TPSA) is 70.7 Å². The van der Waals surface area contributed by atoms with Gasteiger partial charge in [0.15, 0.2) is 5.96 Å². The molecule has 1 aromatic rings. The maximum absolute atomic E-state index is 11.8. The fourth-order valence-corrected chi connectivity index (χ4v) is 1.82. The second kappa shape index (κ2) is 10.5. The lowest BCUT2D eigenvalue weighted by Crippen LogP contribution is -2.37. The molecule has 0 heterocycles. The molecule has 0 aliphatic carbocycles. The highest BCUT2D eigenvalue weighted by atomic mass is 79.9. The highest BCUT2D eigenvalue weighted by Gasteiger charge is 2.04. The first kappa shape index (κ1) is 19.7. The third kappa shape index (κ3) is 6.82. The second-order valence-corrected chi connectivity index (χ2v) is 4.61. The summed E-state index contributed by atoms with van der Waals surface area (Å²) in [4.78, 5) is 18.0. The Kier molecular flexibility index (Phi) is 9.82. The van der Waals surface area contributed by atoms with Crippen molar-refractivity contribution in [2.45, 2.75) is 13.8 Å². The predicted octanol–water partition coefficient (Wildman–Crippen LogP) is 2.30. The van der Waals surface area contributed by atoms with Gasteiger partial charge in [0.05, 0.1) is 6.54 Å². The molecular weight excluding hydrogens is 356 g/mol. The van der Waals surface area contributed by atoms with Crippen LogP contribution in [0.1, 0.15) is 24.2 Å². The second-order valence-electron chi connectivity index (χ2n) is 4.18. The molecule has 0 radical (unpaired) electrons. The van der Waals surface area contributed by atoms with Crippen molar-refractivity contribution in [2.75, 3.05) is 26.2 Å². The quantitative estimate of drug-likeness (QED) is 0.454. The van der Waals surface area contributed by atoms with Gasteiger partial charge in [0.25, 0.3) is 5.91 Å². The number of nitrogens with one attached hydrogen (secondary N) is 1.